The number of Topliss-reactive ketones (excluding diaryl/α,β-unsaturated/α-hetero) is 1. The van der Waals surface area contributed by atoms with Crippen LogP contribution in [0.2, 0.25) is 0 Å². The summed E-state index contributed by atoms with van der Waals surface area (Å²) in [5.74, 6) is 1.93. The number of nitrogens with zero attached hydrogens (tertiary/aromatic N) is 2. The lowest BCUT2D eigenvalue weighted by atomic mass is 9.65. The van der Waals surface area contributed by atoms with Gasteiger partial charge in [0.15, 0.2) is 5.78 Å². The number of fused-ring (bicyclic) bond motifs is 3. The van der Waals surface area contributed by atoms with Gasteiger partial charge in [0.1, 0.15) is 22.0 Å². The average molecular weight is 1370 g/mol. The van der Waals surface area contributed by atoms with E-state index in [-0.39, 0.29) is 37.9 Å². The molecule has 3 spiro atoms. The first-order valence-electron chi connectivity index (χ1n) is 29.0. The third-order valence-electron chi connectivity index (χ3n) is 18.4. The highest BCUT2D eigenvalue weighted by molar-refractivity contribution is 9.11. The fourth-order valence-electron chi connectivity index (χ4n) is 13.1. The summed E-state index contributed by atoms with van der Waals surface area (Å²) in [5, 5.41) is 5.45. The van der Waals surface area contributed by atoms with Crippen LogP contribution in [-0.4, -0.2) is 90.3 Å². The molecule has 0 bridgehead atoms. The Morgan fingerprint density at radius 3 is 1.16 bits per heavy atom. The number of hydrogen-bond donors (Lipinski definition) is 2. The summed E-state index contributed by atoms with van der Waals surface area (Å²) >= 11 is 10.7. The molecule has 6 aliphatic carbocycles. The van der Waals surface area contributed by atoms with E-state index >= 15 is 0 Å². The van der Waals surface area contributed by atoms with Crippen molar-refractivity contribution in [2.75, 3.05) is 27.6 Å². The number of rotatable bonds is 8. The van der Waals surface area contributed by atoms with E-state index < -0.39 is 32.5 Å². The Labute approximate surface area is 521 Å². The largest absolute Gasteiger partial charge is 0.381 e. The lowest BCUT2D eigenvalue weighted by Gasteiger charge is -2.42. The van der Waals surface area contributed by atoms with Crippen LogP contribution in [0.15, 0.2) is 76.8 Å². The molecule has 456 valence electrons. The van der Waals surface area contributed by atoms with E-state index in [4.69, 9.17) is 28.1 Å². The zero-order valence-corrected chi connectivity index (χ0v) is 58.2. The van der Waals surface area contributed by atoms with Crippen LogP contribution in [0.25, 0.3) is 0 Å². The SMILES string of the molecule is C.CC(C)(C)S(C)(N)O.CC[C@@H]1C[C@]2(CC[C@H]1OC)Cc1ccc(Br)cc1C2=N[S@](=O)C(C)(C)C.CC[C@H]1CC2(CC[C@@H]1OC)Cc1ccc(Br)cc1C2=O.CC[C@H]1C[C@@]2(CC[C@@H]1OC)Cc1ccc(Br)cc1C2=N[S@@](=O)C(C)(C)C. The molecule has 3 aromatic rings. The molecular weight excluding hydrogens is 1270 g/mol. The van der Waals surface area contributed by atoms with Crippen molar-refractivity contribution in [1.29, 1.82) is 0 Å². The van der Waals surface area contributed by atoms with Crippen molar-refractivity contribution in [2.24, 2.45) is 47.9 Å². The van der Waals surface area contributed by atoms with E-state index in [0.29, 0.717) is 41.8 Å². The van der Waals surface area contributed by atoms with E-state index in [1.807, 2.05) is 88.7 Å². The first kappa shape index (κ1) is 70.3. The second kappa shape index (κ2) is 28.2. The van der Waals surface area contributed by atoms with Crippen LogP contribution in [0.3, 0.4) is 0 Å². The van der Waals surface area contributed by atoms with Crippen LogP contribution in [0.4, 0.5) is 0 Å². The highest BCUT2D eigenvalue weighted by Gasteiger charge is 2.52. The second-order valence-corrected chi connectivity index (χ2v) is 36.5. The van der Waals surface area contributed by atoms with Crippen molar-refractivity contribution in [3.8, 4) is 0 Å². The predicted molar refractivity (Wildman–Crippen MR) is 356 cm³/mol. The molecule has 0 amide bonds. The molecule has 0 aromatic heterocycles. The molecule has 3 aromatic carbocycles. The summed E-state index contributed by atoms with van der Waals surface area (Å²) in [6.45, 7) is 24.5. The summed E-state index contributed by atoms with van der Waals surface area (Å²) in [7, 11) is 1.11. The zero-order valence-electron chi connectivity index (χ0n) is 51.0. The van der Waals surface area contributed by atoms with E-state index in [9.17, 15) is 17.8 Å². The van der Waals surface area contributed by atoms with Gasteiger partial charge in [-0.25, -0.2) is 8.42 Å². The standard InChI is InChI=1S/2C21H30BrNO2S.C17H21BrO2.C5H15NOS.CH4/c2*1-6-14-12-21(10-9-18(14)25-5)13-15-7-8-16(22)11-17(15)19(21)23-26(24)20(2,3)4;1-3-11-9-17(7-6-15(11)20-2)10-12-4-5-13(18)8-14(12)16(17)19;1-5(2,3)8(4,6)7;/h2*7-8,11,14,18H,6,9-10,12-13H2,1-5H3;4-5,8,11,15H,3,6-7,9-10H2,1-2H3;7H,6H2,1-4H3;1H4/t2*14-,18-,21-,26-;11-,15-,17?;;/m100../s1. The average Bonchev–Trinajstić information content (AvgIpc) is 3.88. The summed E-state index contributed by atoms with van der Waals surface area (Å²) in [6, 6.07) is 19.1. The van der Waals surface area contributed by atoms with Gasteiger partial charge in [-0.15, -0.1) is 0 Å². The van der Waals surface area contributed by atoms with Gasteiger partial charge in [0.2, 0.25) is 0 Å². The van der Waals surface area contributed by atoms with Crippen LogP contribution < -0.4 is 5.14 Å². The molecule has 12 atom stereocenters. The minimum absolute atomic E-state index is 0. The van der Waals surface area contributed by atoms with Gasteiger partial charge < -0.3 is 18.8 Å². The number of halogens is 3. The first-order chi connectivity index (χ1) is 37.2. The Morgan fingerprint density at radius 1 is 0.580 bits per heavy atom. The Hall–Kier alpha value is -1.44. The van der Waals surface area contributed by atoms with Crippen molar-refractivity contribution < 1.29 is 32.0 Å². The topological polar surface area (TPSA) is 150 Å². The maximum absolute atomic E-state index is 12.9. The molecule has 0 heterocycles. The van der Waals surface area contributed by atoms with Crippen LogP contribution >= 0.6 is 58.3 Å². The van der Waals surface area contributed by atoms with Crippen molar-refractivity contribution in [1.82, 2.24) is 0 Å². The summed E-state index contributed by atoms with van der Waals surface area (Å²) < 4.78 is 64.1. The van der Waals surface area contributed by atoms with Crippen LogP contribution in [-0.2, 0) is 55.4 Å². The zero-order chi connectivity index (χ0) is 59.6. The fourth-order valence-corrected chi connectivity index (χ4v) is 15.7. The third kappa shape index (κ3) is 16.2. The number of carbonyl (C=O) groups is 1. The van der Waals surface area contributed by atoms with Crippen LogP contribution in [0.5, 0.6) is 0 Å². The maximum atomic E-state index is 12.9. The van der Waals surface area contributed by atoms with Crippen LogP contribution in [0, 0.1) is 34.0 Å². The molecule has 10 nitrogen and oxygen atoms in total. The Morgan fingerprint density at radius 2 is 0.864 bits per heavy atom. The van der Waals surface area contributed by atoms with E-state index in [0.717, 1.165) is 127 Å². The molecular formula is C65H100Br3N3O7S3. The lowest BCUT2D eigenvalue weighted by molar-refractivity contribution is -0.0145. The smallest absolute Gasteiger partial charge is 0.169 e. The number of ketones is 1. The number of methoxy groups -OCH3 is 3. The van der Waals surface area contributed by atoms with Crippen molar-refractivity contribution in [3.63, 3.8) is 0 Å². The lowest BCUT2D eigenvalue weighted by Crippen LogP contribution is -2.41. The maximum Gasteiger partial charge on any atom is 0.169 e. The normalized spacial score (nSPS) is 30.6. The van der Waals surface area contributed by atoms with Crippen LogP contribution in [0.1, 0.15) is 206 Å². The Kier molecular flexibility index (Phi) is 24.4. The third-order valence-corrected chi connectivity index (χ3v) is 25.2. The van der Waals surface area contributed by atoms with E-state index in [1.54, 1.807) is 13.4 Å². The number of hydrogen-bond acceptors (Lipinski definition) is 8. The molecule has 3 fully saturated rings. The fraction of sp³-hybridized carbons (Fsp3) is 0.677. The second-order valence-electron chi connectivity index (χ2n) is 26.8. The summed E-state index contributed by atoms with van der Waals surface area (Å²) in [6.07, 6.45) is 18.2. The summed E-state index contributed by atoms with van der Waals surface area (Å²) in [4.78, 5) is 12.9. The molecule has 0 saturated heterocycles. The van der Waals surface area contributed by atoms with Gasteiger partial charge >= 0.3 is 0 Å². The van der Waals surface area contributed by atoms with Gasteiger partial charge in [-0.2, -0.15) is 8.80 Å². The van der Waals surface area contributed by atoms with Gasteiger partial charge in [-0.05, 0) is 210 Å². The first-order valence-corrected chi connectivity index (χ1v) is 35.7. The van der Waals surface area contributed by atoms with Gasteiger partial charge in [0.05, 0.1) is 39.2 Å². The molecule has 2 unspecified atom stereocenters. The Bertz CT molecular complexity index is 2640. The molecule has 3 N–H and O–H groups in total. The quantitative estimate of drug-likeness (QED) is 0.226. The van der Waals surface area contributed by atoms with Crippen molar-refractivity contribution in [3.05, 3.63) is 101 Å². The number of nitrogens with two attached hydrogens (primary N) is 1. The molecule has 0 aliphatic heterocycles. The van der Waals surface area contributed by atoms with Gasteiger partial charge in [0.25, 0.3) is 0 Å². The molecule has 6 aliphatic rings. The number of ether oxygens (including phenoxy) is 3. The van der Waals surface area contributed by atoms with E-state index in [1.165, 1.54) is 27.8 Å². The molecule has 9 rings (SSSR count). The molecule has 16 heteroatoms. The predicted octanol–water partition coefficient (Wildman–Crippen LogP) is 17.5. The molecule has 81 heavy (non-hydrogen) atoms. The Balaban J connectivity index is 0.000000209. The minimum Gasteiger partial charge on any atom is -0.381 e. The summed E-state index contributed by atoms with van der Waals surface area (Å²) in [5.41, 5.74) is 9.18. The highest BCUT2D eigenvalue weighted by Crippen LogP contribution is 2.54. The van der Waals surface area contributed by atoms with Crippen molar-refractivity contribution in [2.45, 2.75) is 219 Å². The monoisotopic (exact) mass is 1370 g/mol. The number of benzene rings is 3. The van der Waals surface area contributed by atoms with Crippen molar-refractivity contribution >= 4 is 97.5 Å². The molecule has 0 radical (unpaired) electrons. The molecule has 3 saturated carbocycles. The van der Waals surface area contributed by atoms with Gasteiger partial charge in [-0.1, -0.05) is 124 Å². The highest BCUT2D eigenvalue weighted by atomic mass is 79.9. The minimum atomic E-state index is -1.84. The number of carbonyl (C=O) groups excluding carboxylic acids is 1. The van der Waals surface area contributed by atoms with Gasteiger partial charge in [0, 0.05) is 78.7 Å². The van der Waals surface area contributed by atoms with Gasteiger partial charge in [-0.3, -0.25) is 9.93 Å². The van der Waals surface area contributed by atoms with E-state index in [2.05, 4.69) is 111 Å².